The minimum Gasteiger partial charge on any atom is -0.368 e. The lowest BCUT2D eigenvalue weighted by molar-refractivity contribution is 0.312. The Balaban J connectivity index is 2.09. The minimum atomic E-state index is -0.137. The number of piperazine rings is 1. The van der Waals surface area contributed by atoms with Gasteiger partial charge in [-0.1, -0.05) is 0 Å². The summed E-state index contributed by atoms with van der Waals surface area (Å²) in [6, 6.07) is 3.62. The molecule has 6 heteroatoms. The molecule has 0 saturated carbocycles. The summed E-state index contributed by atoms with van der Waals surface area (Å²) in [5.74, 6) is 0. The summed E-state index contributed by atoms with van der Waals surface area (Å²) in [6.07, 6.45) is 2.02. The number of anilines is 1. The number of nitriles is 1. The first kappa shape index (κ1) is 12.6. The molecule has 0 aromatic carbocycles. The predicted octanol–water partition coefficient (Wildman–Crippen LogP) is -0.0912. The van der Waals surface area contributed by atoms with E-state index < -0.39 is 0 Å². The topological polar surface area (TPSA) is 65.2 Å². The van der Waals surface area contributed by atoms with E-state index in [1.54, 1.807) is 12.3 Å². The highest BCUT2D eigenvalue weighted by Gasteiger charge is 2.15. The predicted molar refractivity (Wildman–Crippen MR) is 68.4 cm³/mol. The summed E-state index contributed by atoms with van der Waals surface area (Å²) in [5.41, 5.74) is 0.739. The van der Waals surface area contributed by atoms with Gasteiger partial charge in [-0.15, -0.1) is 0 Å². The van der Waals surface area contributed by atoms with E-state index in [9.17, 15) is 4.79 Å². The molecule has 1 aromatic heterocycles. The molecule has 1 aromatic rings. The molecule has 0 unspecified atom stereocenters. The zero-order valence-corrected chi connectivity index (χ0v) is 10.5. The molecule has 1 saturated heterocycles. The number of likely N-dealkylation sites (N-methyl/N-ethyl adjacent to an activating group) is 1. The molecule has 2 heterocycles. The molecule has 0 radical (unpaired) electrons. The van der Waals surface area contributed by atoms with Gasteiger partial charge in [0.2, 0.25) is 0 Å². The molecule has 2 rings (SSSR count). The first-order chi connectivity index (χ1) is 8.70. The monoisotopic (exact) mass is 247 g/mol. The zero-order chi connectivity index (χ0) is 13.0. The largest absolute Gasteiger partial charge is 0.368 e. The van der Waals surface area contributed by atoms with Gasteiger partial charge in [-0.05, 0) is 7.05 Å². The fourth-order valence-electron chi connectivity index (χ4n) is 1.99. The van der Waals surface area contributed by atoms with Crippen LogP contribution in [-0.4, -0.2) is 47.9 Å². The molecule has 6 nitrogen and oxygen atoms in total. The maximum atomic E-state index is 11.8. The Bertz CT molecular complexity index is 496. The van der Waals surface area contributed by atoms with Crippen molar-refractivity contribution in [3.63, 3.8) is 0 Å². The van der Waals surface area contributed by atoms with E-state index in [0.717, 1.165) is 31.9 Å². The Morgan fingerprint density at radius 2 is 2.11 bits per heavy atom. The van der Waals surface area contributed by atoms with E-state index in [1.807, 2.05) is 6.07 Å². The lowest BCUT2D eigenvalue weighted by Crippen LogP contribution is -2.45. The average Bonchev–Trinajstić information content (AvgIpc) is 2.38. The molecule has 1 aliphatic rings. The van der Waals surface area contributed by atoms with E-state index in [-0.39, 0.29) is 5.56 Å². The molecule has 0 N–H and O–H groups in total. The van der Waals surface area contributed by atoms with Gasteiger partial charge in [0, 0.05) is 32.2 Å². The summed E-state index contributed by atoms with van der Waals surface area (Å²) in [4.78, 5) is 16.2. The van der Waals surface area contributed by atoms with Gasteiger partial charge in [0.1, 0.15) is 0 Å². The van der Waals surface area contributed by atoms with Gasteiger partial charge >= 0.3 is 0 Å². The molecular formula is C12H17N5O. The van der Waals surface area contributed by atoms with Crippen molar-refractivity contribution >= 4 is 5.69 Å². The van der Waals surface area contributed by atoms with E-state index in [0.29, 0.717) is 13.0 Å². The Hall–Kier alpha value is -1.87. The first-order valence-corrected chi connectivity index (χ1v) is 6.08. The molecule has 0 aliphatic carbocycles. The van der Waals surface area contributed by atoms with Crippen LogP contribution in [0.1, 0.15) is 6.42 Å². The highest BCUT2D eigenvalue weighted by Crippen LogP contribution is 2.11. The average molecular weight is 247 g/mol. The molecule has 1 aliphatic heterocycles. The quantitative estimate of drug-likeness (QED) is 0.747. The van der Waals surface area contributed by atoms with E-state index in [4.69, 9.17) is 5.26 Å². The van der Waals surface area contributed by atoms with Crippen LogP contribution in [-0.2, 0) is 6.54 Å². The molecule has 0 spiro atoms. The Kier molecular flexibility index (Phi) is 3.95. The van der Waals surface area contributed by atoms with Crippen molar-refractivity contribution in [2.45, 2.75) is 13.0 Å². The fourth-order valence-corrected chi connectivity index (χ4v) is 1.99. The molecule has 96 valence electrons. The van der Waals surface area contributed by atoms with Gasteiger partial charge in [0.15, 0.2) is 0 Å². The second kappa shape index (κ2) is 5.65. The summed E-state index contributed by atoms with van der Waals surface area (Å²) < 4.78 is 1.34. The third kappa shape index (κ3) is 2.87. The third-order valence-electron chi connectivity index (χ3n) is 3.16. The lowest BCUT2D eigenvalue weighted by atomic mass is 10.3. The van der Waals surface area contributed by atoms with Crippen LogP contribution in [0.25, 0.3) is 0 Å². The smallest absolute Gasteiger partial charge is 0.268 e. The van der Waals surface area contributed by atoms with E-state index in [1.165, 1.54) is 4.68 Å². The number of hydrogen-bond donors (Lipinski definition) is 0. The standard InChI is InChI=1S/C12H17N5O/c1-15-5-7-16(8-6-15)11-9-12(18)17(14-10-11)4-2-3-13/h9-10H,2,4-8H2,1H3. The normalized spacial score (nSPS) is 16.6. The Morgan fingerprint density at radius 1 is 1.39 bits per heavy atom. The van der Waals surface area contributed by atoms with Crippen molar-refractivity contribution < 1.29 is 0 Å². The summed E-state index contributed by atoms with van der Waals surface area (Å²) in [5, 5.41) is 12.6. The molecular weight excluding hydrogens is 230 g/mol. The van der Waals surface area contributed by atoms with Gasteiger partial charge in [-0.2, -0.15) is 10.4 Å². The molecule has 0 amide bonds. The minimum absolute atomic E-state index is 0.137. The summed E-state index contributed by atoms with van der Waals surface area (Å²) in [7, 11) is 2.09. The van der Waals surface area contributed by atoms with Crippen molar-refractivity contribution in [3.8, 4) is 6.07 Å². The van der Waals surface area contributed by atoms with E-state index in [2.05, 4.69) is 21.9 Å². The second-order valence-electron chi connectivity index (χ2n) is 4.47. The number of nitrogens with zero attached hydrogens (tertiary/aromatic N) is 5. The molecule has 1 fully saturated rings. The third-order valence-corrected chi connectivity index (χ3v) is 3.16. The lowest BCUT2D eigenvalue weighted by Gasteiger charge is -2.33. The van der Waals surface area contributed by atoms with Crippen LogP contribution in [0.4, 0.5) is 5.69 Å². The van der Waals surface area contributed by atoms with Crippen molar-refractivity contribution in [2.75, 3.05) is 38.1 Å². The summed E-state index contributed by atoms with van der Waals surface area (Å²) in [6.45, 7) is 4.19. The molecule has 18 heavy (non-hydrogen) atoms. The van der Waals surface area contributed by atoms with Crippen LogP contribution in [0, 0.1) is 11.3 Å². The first-order valence-electron chi connectivity index (χ1n) is 6.08. The van der Waals surface area contributed by atoms with Crippen molar-refractivity contribution in [1.82, 2.24) is 14.7 Å². The van der Waals surface area contributed by atoms with Gasteiger partial charge < -0.3 is 9.80 Å². The van der Waals surface area contributed by atoms with Crippen LogP contribution in [0.5, 0.6) is 0 Å². The van der Waals surface area contributed by atoms with Crippen molar-refractivity contribution in [1.29, 1.82) is 5.26 Å². The van der Waals surface area contributed by atoms with Crippen LogP contribution < -0.4 is 10.5 Å². The number of rotatable bonds is 3. The SMILES string of the molecule is CN1CCN(c2cnn(CCC#N)c(=O)c2)CC1. The highest BCUT2D eigenvalue weighted by molar-refractivity contribution is 5.43. The van der Waals surface area contributed by atoms with Crippen LogP contribution in [0.15, 0.2) is 17.1 Å². The van der Waals surface area contributed by atoms with E-state index >= 15 is 0 Å². The van der Waals surface area contributed by atoms with Crippen LogP contribution >= 0.6 is 0 Å². The highest BCUT2D eigenvalue weighted by atomic mass is 16.1. The van der Waals surface area contributed by atoms with Gasteiger partial charge in [-0.3, -0.25) is 4.79 Å². The maximum absolute atomic E-state index is 11.8. The number of aromatic nitrogens is 2. The van der Waals surface area contributed by atoms with Crippen LogP contribution in [0.2, 0.25) is 0 Å². The number of hydrogen-bond acceptors (Lipinski definition) is 5. The fraction of sp³-hybridized carbons (Fsp3) is 0.583. The summed E-state index contributed by atoms with van der Waals surface area (Å²) >= 11 is 0. The van der Waals surface area contributed by atoms with Crippen LogP contribution in [0.3, 0.4) is 0 Å². The van der Waals surface area contributed by atoms with Gasteiger partial charge in [0.05, 0.1) is 30.9 Å². The zero-order valence-electron chi connectivity index (χ0n) is 10.5. The maximum Gasteiger partial charge on any atom is 0.268 e. The van der Waals surface area contributed by atoms with Gasteiger partial charge in [-0.25, -0.2) is 4.68 Å². The molecule has 0 atom stereocenters. The van der Waals surface area contributed by atoms with Crippen molar-refractivity contribution in [2.24, 2.45) is 0 Å². The number of aryl methyl sites for hydroxylation is 1. The Morgan fingerprint density at radius 3 is 2.72 bits per heavy atom. The van der Waals surface area contributed by atoms with Gasteiger partial charge in [0.25, 0.3) is 5.56 Å². The second-order valence-corrected chi connectivity index (χ2v) is 4.47. The Labute approximate surface area is 106 Å². The van der Waals surface area contributed by atoms with Crippen molar-refractivity contribution in [3.05, 3.63) is 22.6 Å². The molecule has 0 bridgehead atoms.